The maximum Gasteiger partial charge on any atom is 0.257 e. The second-order valence-corrected chi connectivity index (χ2v) is 9.30. The lowest BCUT2D eigenvalue weighted by Crippen LogP contribution is -2.59. The number of fused-ring (bicyclic) bond motifs is 3. The van der Waals surface area contributed by atoms with Gasteiger partial charge in [-0.2, -0.15) is 0 Å². The first kappa shape index (κ1) is 22.1. The van der Waals surface area contributed by atoms with Crippen molar-refractivity contribution < 1.29 is 9.59 Å². The topological polar surface area (TPSA) is 61.4 Å². The molecule has 4 aromatic carbocycles. The number of benzene rings is 4. The number of para-hydroxylation sites is 1. The highest BCUT2D eigenvalue weighted by atomic mass is 16.2. The van der Waals surface area contributed by atoms with Gasteiger partial charge in [0.25, 0.3) is 5.91 Å². The Kier molecular flexibility index (Phi) is 5.58. The minimum absolute atomic E-state index is 0.130. The van der Waals surface area contributed by atoms with Crippen LogP contribution in [0.3, 0.4) is 0 Å². The van der Waals surface area contributed by atoms with Crippen molar-refractivity contribution in [1.29, 1.82) is 0 Å². The summed E-state index contributed by atoms with van der Waals surface area (Å²) in [5.41, 5.74) is 1.74. The molecule has 2 atom stereocenters. The van der Waals surface area contributed by atoms with Crippen molar-refractivity contribution in [3.05, 3.63) is 84.4 Å². The van der Waals surface area contributed by atoms with Gasteiger partial charge in [0.15, 0.2) is 0 Å². The zero-order chi connectivity index (χ0) is 23.9. The highest BCUT2D eigenvalue weighted by Crippen LogP contribution is 2.40. The van der Waals surface area contributed by atoms with Gasteiger partial charge in [-0.1, -0.05) is 54.6 Å². The molecule has 0 spiro atoms. The Labute approximate surface area is 199 Å². The summed E-state index contributed by atoms with van der Waals surface area (Å²) >= 11 is 0. The first-order chi connectivity index (χ1) is 16.4. The SMILES string of the molecule is CNC(C)C(=O)NC1(C)CCc2ccccc2N(c2cccc3cc4ccccc4cc23)C1=O. The van der Waals surface area contributed by atoms with E-state index >= 15 is 0 Å². The third kappa shape index (κ3) is 3.72. The second kappa shape index (κ2) is 8.58. The largest absolute Gasteiger partial charge is 0.341 e. The molecule has 0 aliphatic carbocycles. The van der Waals surface area contributed by atoms with E-state index in [0.29, 0.717) is 12.8 Å². The molecule has 172 valence electrons. The zero-order valence-corrected chi connectivity index (χ0v) is 19.8. The van der Waals surface area contributed by atoms with Crippen LogP contribution in [0.2, 0.25) is 0 Å². The molecule has 1 heterocycles. The van der Waals surface area contributed by atoms with Gasteiger partial charge >= 0.3 is 0 Å². The monoisotopic (exact) mass is 451 g/mol. The van der Waals surface area contributed by atoms with Crippen LogP contribution in [0.1, 0.15) is 25.8 Å². The Bertz CT molecular complexity index is 1410. The van der Waals surface area contributed by atoms with Crippen LogP contribution in [-0.4, -0.2) is 30.4 Å². The number of nitrogens with zero attached hydrogens (tertiary/aromatic N) is 1. The van der Waals surface area contributed by atoms with Crippen molar-refractivity contribution in [3.63, 3.8) is 0 Å². The normalized spacial score (nSPS) is 19.0. The lowest BCUT2D eigenvalue weighted by Gasteiger charge is -2.34. The molecule has 0 radical (unpaired) electrons. The summed E-state index contributed by atoms with van der Waals surface area (Å²) in [5.74, 6) is -0.317. The molecule has 5 heteroatoms. The van der Waals surface area contributed by atoms with Gasteiger partial charge in [-0.15, -0.1) is 0 Å². The molecule has 0 saturated heterocycles. The Balaban J connectivity index is 1.70. The van der Waals surface area contributed by atoms with Gasteiger partial charge in [0.05, 0.1) is 17.4 Å². The van der Waals surface area contributed by atoms with Crippen LogP contribution in [0.15, 0.2) is 78.9 Å². The number of rotatable bonds is 4. The molecule has 2 N–H and O–H groups in total. The molecule has 2 amide bonds. The van der Waals surface area contributed by atoms with E-state index in [1.165, 1.54) is 0 Å². The predicted molar refractivity (Wildman–Crippen MR) is 138 cm³/mol. The van der Waals surface area contributed by atoms with Crippen LogP contribution in [0.4, 0.5) is 11.4 Å². The Morgan fingerprint density at radius 1 is 0.912 bits per heavy atom. The Morgan fingerprint density at radius 3 is 2.32 bits per heavy atom. The third-order valence-electron chi connectivity index (χ3n) is 6.99. The van der Waals surface area contributed by atoms with Gasteiger partial charge < -0.3 is 10.6 Å². The van der Waals surface area contributed by atoms with Crippen LogP contribution in [-0.2, 0) is 16.0 Å². The third-order valence-corrected chi connectivity index (χ3v) is 6.99. The number of carbonyl (C=O) groups excluding carboxylic acids is 2. The summed E-state index contributed by atoms with van der Waals surface area (Å²) in [5, 5.41) is 10.4. The number of carbonyl (C=O) groups is 2. The van der Waals surface area contributed by atoms with Gasteiger partial charge in [-0.05, 0) is 79.7 Å². The van der Waals surface area contributed by atoms with Gasteiger partial charge in [0, 0.05) is 5.39 Å². The number of hydrogen-bond donors (Lipinski definition) is 2. The van der Waals surface area contributed by atoms with Gasteiger partial charge in [-0.25, -0.2) is 0 Å². The van der Waals surface area contributed by atoms with E-state index in [-0.39, 0.29) is 11.8 Å². The molecule has 5 nitrogen and oxygen atoms in total. The second-order valence-electron chi connectivity index (χ2n) is 9.30. The summed E-state index contributed by atoms with van der Waals surface area (Å²) in [6, 6.07) is 26.3. The number of amides is 2. The lowest BCUT2D eigenvalue weighted by atomic mass is 9.93. The fraction of sp³-hybridized carbons (Fsp3) is 0.241. The molecule has 2 unspecified atom stereocenters. The summed E-state index contributed by atoms with van der Waals surface area (Å²) in [6.45, 7) is 3.64. The predicted octanol–water partition coefficient (Wildman–Crippen LogP) is 5.09. The standard InChI is InChI=1S/C29H29N3O2/c1-19(30-3)27(33)31-29(2)16-15-20-9-6-7-13-25(20)32(28(29)34)26-14-8-12-23-17-21-10-4-5-11-22(21)18-24(23)26/h4-14,17-19,30H,15-16H2,1-3H3,(H,31,33). The van der Waals surface area contributed by atoms with E-state index in [9.17, 15) is 9.59 Å². The molecule has 1 aliphatic heterocycles. The number of hydrogen-bond acceptors (Lipinski definition) is 3. The van der Waals surface area contributed by atoms with Crippen molar-refractivity contribution in [3.8, 4) is 0 Å². The lowest BCUT2D eigenvalue weighted by molar-refractivity contribution is -0.131. The average molecular weight is 452 g/mol. The maximum atomic E-state index is 14.3. The fourth-order valence-corrected chi connectivity index (χ4v) is 4.80. The average Bonchev–Trinajstić information content (AvgIpc) is 2.96. The minimum Gasteiger partial charge on any atom is -0.341 e. The molecule has 0 fully saturated rings. The number of anilines is 2. The Hall–Kier alpha value is -3.70. The maximum absolute atomic E-state index is 14.3. The van der Waals surface area contributed by atoms with Crippen LogP contribution in [0.25, 0.3) is 21.5 Å². The number of aryl methyl sites for hydroxylation is 1. The van der Waals surface area contributed by atoms with Crippen molar-refractivity contribution in [1.82, 2.24) is 10.6 Å². The summed E-state index contributed by atoms with van der Waals surface area (Å²) in [7, 11) is 1.74. The molecule has 0 aromatic heterocycles. The molecule has 1 aliphatic rings. The molecule has 0 bridgehead atoms. The molecule has 34 heavy (non-hydrogen) atoms. The summed E-state index contributed by atoms with van der Waals surface area (Å²) in [6.07, 6.45) is 1.21. The molecular formula is C29H29N3O2. The zero-order valence-electron chi connectivity index (χ0n) is 19.8. The van der Waals surface area contributed by atoms with Gasteiger partial charge in [-0.3, -0.25) is 14.5 Å². The van der Waals surface area contributed by atoms with Crippen LogP contribution >= 0.6 is 0 Å². The van der Waals surface area contributed by atoms with E-state index in [1.807, 2.05) is 54.3 Å². The molecule has 0 saturated carbocycles. The van der Waals surface area contributed by atoms with Crippen LogP contribution in [0, 0.1) is 0 Å². The first-order valence-electron chi connectivity index (χ1n) is 11.7. The van der Waals surface area contributed by atoms with Crippen molar-refractivity contribution in [2.75, 3.05) is 11.9 Å². The molecule has 5 rings (SSSR count). The van der Waals surface area contributed by atoms with Gasteiger partial charge in [0.2, 0.25) is 5.91 Å². The van der Waals surface area contributed by atoms with E-state index in [0.717, 1.165) is 38.5 Å². The highest BCUT2D eigenvalue weighted by Gasteiger charge is 2.42. The van der Waals surface area contributed by atoms with Crippen LogP contribution in [0.5, 0.6) is 0 Å². The first-order valence-corrected chi connectivity index (χ1v) is 11.7. The van der Waals surface area contributed by atoms with Crippen molar-refractivity contribution >= 4 is 44.7 Å². The van der Waals surface area contributed by atoms with Crippen molar-refractivity contribution in [2.24, 2.45) is 0 Å². The van der Waals surface area contributed by atoms with Crippen molar-refractivity contribution in [2.45, 2.75) is 38.3 Å². The Morgan fingerprint density at radius 2 is 1.56 bits per heavy atom. The van der Waals surface area contributed by atoms with Gasteiger partial charge in [0.1, 0.15) is 5.54 Å². The molecule has 4 aromatic rings. The number of likely N-dealkylation sites (N-methyl/N-ethyl adjacent to an activating group) is 1. The van der Waals surface area contributed by atoms with E-state index in [1.54, 1.807) is 14.0 Å². The quantitative estimate of drug-likeness (QED) is 0.425. The smallest absolute Gasteiger partial charge is 0.257 e. The summed E-state index contributed by atoms with van der Waals surface area (Å²) in [4.78, 5) is 28.9. The summed E-state index contributed by atoms with van der Waals surface area (Å²) < 4.78 is 0. The minimum atomic E-state index is -1.04. The van der Waals surface area contributed by atoms with Crippen LogP contribution < -0.4 is 15.5 Å². The van der Waals surface area contributed by atoms with E-state index in [4.69, 9.17) is 0 Å². The van der Waals surface area contributed by atoms with E-state index < -0.39 is 11.6 Å². The number of nitrogens with one attached hydrogen (secondary N) is 2. The van der Waals surface area contributed by atoms with E-state index in [2.05, 4.69) is 47.0 Å². The molecular weight excluding hydrogens is 422 g/mol. The highest BCUT2D eigenvalue weighted by molar-refractivity contribution is 6.15. The fourth-order valence-electron chi connectivity index (χ4n) is 4.80.